The molecule has 0 bridgehead atoms. The summed E-state index contributed by atoms with van der Waals surface area (Å²) in [5.41, 5.74) is 2.23. The highest BCUT2D eigenvalue weighted by atomic mass is 16.6. The van der Waals surface area contributed by atoms with Gasteiger partial charge in [0.25, 0.3) is 0 Å². The number of carbonyl (C=O) groups excluding carboxylic acids is 1. The van der Waals surface area contributed by atoms with Crippen molar-refractivity contribution in [2.75, 3.05) is 6.61 Å². The van der Waals surface area contributed by atoms with E-state index >= 15 is 0 Å². The van der Waals surface area contributed by atoms with Crippen LogP contribution in [-0.4, -0.2) is 46.5 Å². The number of carboxylic acids is 2. The molecule has 0 heterocycles. The van der Waals surface area contributed by atoms with Gasteiger partial charge >= 0.3 is 18.0 Å². The lowest BCUT2D eigenvalue weighted by Gasteiger charge is -2.23. The number of amides is 1. The normalized spacial score (nSPS) is 13.0. The molecule has 0 spiro atoms. The highest BCUT2D eigenvalue weighted by molar-refractivity contribution is 5.81. The molecule has 35 heavy (non-hydrogen) atoms. The topological polar surface area (TPSA) is 122 Å². The molecule has 0 radical (unpaired) electrons. The second-order valence-electron chi connectivity index (χ2n) is 9.47. The van der Waals surface area contributed by atoms with Crippen molar-refractivity contribution in [1.29, 1.82) is 0 Å². The average Bonchev–Trinajstić information content (AvgIpc) is 2.78. The molecule has 2 aromatic carbocycles. The second-order valence-corrected chi connectivity index (χ2v) is 9.47. The third kappa shape index (κ3) is 11.1. The lowest BCUT2D eigenvalue weighted by atomic mass is 9.92. The zero-order valence-electron chi connectivity index (χ0n) is 20.5. The number of aryl methyl sites for hydroxylation is 1. The summed E-state index contributed by atoms with van der Waals surface area (Å²) >= 11 is 0. The fraction of sp³-hybridized carbons (Fsp3) is 0.444. The number of hydrogen-bond acceptors (Lipinski definition) is 5. The van der Waals surface area contributed by atoms with Gasteiger partial charge in [-0.3, -0.25) is 4.79 Å². The van der Waals surface area contributed by atoms with E-state index < -0.39 is 35.6 Å². The zero-order chi connectivity index (χ0) is 25.8. The number of nitrogens with one attached hydrogen (secondary N) is 1. The Morgan fingerprint density at radius 1 is 0.886 bits per heavy atom. The minimum Gasteiger partial charge on any atom is -0.481 e. The molecule has 0 unspecified atom stereocenters. The van der Waals surface area contributed by atoms with Crippen molar-refractivity contribution in [2.45, 2.75) is 64.7 Å². The van der Waals surface area contributed by atoms with Crippen LogP contribution in [0.15, 0.2) is 54.6 Å². The van der Waals surface area contributed by atoms with Crippen LogP contribution in [0.4, 0.5) is 4.79 Å². The van der Waals surface area contributed by atoms with Crippen molar-refractivity contribution in [3.8, 4) is 0 Å². The molecule has 8 heteroatoms. The summed E-state index contributed by atoms with van der Waals surface area (Å²) in [6, 6.07) is 16.2. The van der Waals surface area contributed by atoms with Gasteiger partial charge < -0.3 is 25.0 Å². The molecule has 1 amide bonds. The third-order valence-electron chi connectivity index (χ3n) is 5.23. The monoisotopic (exact) mass is 485 g/mol. The molecule has 8 nitrogen and oxygen atoms in total. The van der Waals surface area contributed by atoms with E-state index in [0.29, 0.717) is 13.2 Å². The van der Waals surface area contributed by atoms with Gasteiger partial charge in [-0.25, -0.2) is 9.59 Å². The Labute approximate surface area is 206 Å². The Hall–Kier alpha value is -3.39. The van der Waals surface area contributed by atoms with Gasteiger partial charge in [0.15, 0.2) is 0 Å². The molecule has 2 rings (SSSR count). The zero-order valence-corrected chi connectivity index (χ0v) is 20.5. The molecule has 0 aromatic heterocycles. The highest BCUT2D eigenvalue weighted by Gasteiger charge is 2.30. The number of carbonyl (C=O) groups is 3. The first kappa shape index (κ1) is 27.9. The molecular formula is C27H35NO7. The molecule has 0 aliphatic carbocycles. The summed E-state index contributed by atoms with van der Waals surface area (Å²) < 4.78 is 10.8. The van der Waals surface area contributed by atoms with Gasteiger partial charge in [-0.15, -0.1) is 0 Å². The van der Waals surface area contributed by atoms with E-state index in [4.69, 9.17) is 9.47 Å². The van der Waals surface area contributed by atoms with Gasteiger partial charge in [-0.1, -0.05) is 54.6 Å². The first-order chi connectivity index (χ1) is 16.5. The first-order valence-electron chi connectivity index (χ1n) is 11.7. The number of rotatable bonds is 13. The number of benzene rings is 2. The van der Waals surface area contributed by atoms with Crippen LogP contribution in [0.1, 0.15) is 50.3 Å². The number of hydrogen-bond donors (Lipinski definition) is 3. The fourth-order valence-corrected chi connectivity index (χ4v) is 3.50. The van der Waals surface area contributed by atoms with Crippen LogP contribution < -0.4 is 5.32 Å². The summed E-state index contributed by atoms with van der Waals surface area (Å²) in [6.07, 6.45) is 0.685. The molecule has 0 saturated heterocycles. The third-order valence-corrected chi connectivity index (χ3v) is 5.23. The number of aliphatic carboxylic acids is 2. The maximum absolute atomic E-state index is 12.0. The van der Waals surface area contributed by atoms with E-state index in [0.717, 1.165) is 29.5 Å². The maximum Gasteiger partial charge on any atom is 0.408 e. The van der Waals surface area contributed by atoms with Crippen molar-refractivity contribution < 1.29 is 34.1 Å². The standard InChI is InChI=1S/C27H35NO7/c1-27(2,3)35-26(33)28-23(25(31)32)17-22(24(29)30)16-20-13-11-19(12-14-20)10-7-15-34-18-21-8-5-4-6-9-21/h4-6,8-9,11-14,22-23H,7,10,15-18H2,1-3H3,(H,28,33)(H,29,30)(H,31,32)/t22-,23+/m0/s1. The van der Waals surface area contributed by atoms with E-state index in [1.165, 1.54) is 0 Å². The fourth-order valence-electron chi connectivity index (χ4n) is 3.50. The predicted molar refractivity (Wildman–Crippen MR) is 131 cm³/mol. The Kier molecular flexibility index (Phi) is 10.7. The number of ether oxygens (including phenoxy) is 2. The van der Waals surface area contributed by atoms with Crippen LogP contribution in [0.25, 0.3) is 0 Å². The Bertz CT molecular complexity index is 952. The lowest BCUT2D eigenvalue weighted by Crippen LogP contribution is -2.45. The van der Waals surface area contributed by atoms with Crippen molar-refractivity contribution >= 4 is 18.0 Å². The Morgan fingerprint density at radius 3 is 2.09 bits per heavy atom. The molecule has 0 saturated carbocycles. The van der Waals surface area contributed by atoms with Crippen LogP contribution in [0.2, 0.25) is 0 Å². The van der Waals surface area contributed by atoms with Crippen LogP contribution in [-0.2, 0) is 38.5 Å². The lowest BCUT2D eigenvalue weighted by molar-refractivity contribution is -0.144. The molecular weight excluding hydrogens is 450 g/mol. The summed E-state index contributed by atoms with van der Waals surface area (Å²) in [6.45, 7) is 6.19. The van der Waals surface area contributed by atoms with Crippen LogP contribution in [0.3, 0.4) is 0 Å². The van der Waals surface area contributed by atoms with E-state index in [2.05, 4.69) is 5.32 Å². The van der Waals surface area contributed by atoms with Crippen molar-refractivity contribution in [2.24, 2.45) is 5.92 Å². The van der Waals surface area contributed by atoms with Crippen molar-refractivity contribution in [3.63, 3.8) is 0 Å². The van der Waals surface area contributed by atoms with Gasteiger partial charge in [0.1, 0.15) is 11.6 Å². The predicted octanol–water partition coefficient (Wildman–Crippen LogP) is 4.45. The van der Waals surface area contributed by atoms with Crippen LogP contribution in [0, 0.1) is 5.92 Å². The molecule has 190 valence electrons. The minimum atomic E-state index is -1.37. The molecule has 0 aliphatic heterocycles. The van der Waals surface area contributed by atoms with E-state index in [1.807, 2.05) is 54.6 Å². The SMILES string of the molecule is CC(C)(C)OC(=O)N[C@H](C[C@H](Cc1ccc(CCCOCc2ccccc2)cc1)C(=O)O)C(=O)O. The molecule has 3 N–H and O–H groups in total. The highest BCUT2D eigenvalue weighted by Crippen LogP contribution is 2.18. The van der Waals surface area contributed by atoms with Crippen LogP contribution >= 0.6 is 0 Å². The average molecular weight is 486 g/mol. The molecule has 0 aliphatic rings. The van der Waals surface area contributed by atoms with Gasteiger partial charge in [0.2, 0.25) is 0 Å². The van der Waals surface area contributed by atoms with Gasteiger partial charge in [0.05, 0.1) is 12.5 Å². The minimum absolute atomic E-state index is 0.148. The summed E-state index contributed by atoms with van der Waals surface area (Å²) in [5.74, 6) is -3.42. The maximum atomic E-state index is 12.0. The first-order valence-corrected chi connectivity index (χ1v) is 11.7. The molecule has 2 aromatic rings. The Balaban J connectivity index is 1.85. The van der Waals surface area contributed by atoms with E-state index in [-0.39, 0.29) is 12.8 Å². The number of carboxylic acid groups (broad SMARTS) is 2. The largest absolute Gasteiger partial charge is 0.481 e. The smallest absolute Gasteiger partial charge is 0.408 e. The summed E-state index contributed by atoms with van der Waals surface area (Å²) in [5, 5.41) is 21.4. The summed E-state index contributed by atoms with van der Waals surface area (Å²) in [7, 11) is 0. The van der Waals surface area contributed by atoms with E-state index in [9.17, 15) is 24.6 Å². The van der Waals surface area contributed by atoms with E-state index in [1.54, 1.807) is 20.8 Å². The van der Waals surface area contributed by atoms with Crippen molar-refractivity contribution in [1.82, 2.24) is 5.32 Å². The number of alkyl carbamates (subject to hydrolysis) is 1. The summed E-state index contributed by atoms with van der Waals surface area (Å²) in [4.78, 5) is 35.4. The quantitative estimate of drug-likeness (QED) is 0.358. The van der Waals surface area contributed by atoms with Gasteiger partial charge in [-0.2, -0.15) is 0 Å². The molecule has 0 fully saturated rings. The molecule has 2 atom stereocenters. The van der Waals surface area contributed by atoms with Gasteiger partial charge in [0, 0.05) is 6.61 Å². The van der Waals surface area contributed by atoms with Gasteiger partial charge in [-0.05, 0) is 63.1 Å². The van der Waals surface area contributed by atoms with Crippen molar-refractivity contribution in [3.05, 3.63) is 71.3 Å². The van der Waals surface area contributed by atoms with Crippen LogP contribution in [0.5, 0.6) is 0 Å². The second kappa shape index (κ2) is 13.5. The Morgan fingerprint density at radius 2 is 1.51 bits per heavy atom.